The van der Waals surface area contributed by atoms with Crippen LogP contribution in [0.15, 0.2) is 12.3 Å². The number of carbonyl (C=O) groups is 3. The van der Waals surface area contributed by atoms with E-state index in [2.05, 4.69) is 4.98 Å². The van der Waals surface area contributed by atoms with Crippen LogP contribution in [0.2, 0.25) is 0 Å². The highest BCUT2D eigenvalue weighted by Crippen LogP contribution is 2.12. The van der Waals surface area contributed by atoms with Crippen molar-refractivity contribution in [1.29, 1.82) is 0 Å². The summed E-state index contributed by atoms with van der Waals surface area (Å²) in [6.45, 7) is 5.29. The summed E-state index contributed by atoms with van der Waals surface area (Å²) in [5.74, 6) is -1.38. The number of nitrogens with one attached hydrogen (secondary N) is 1. The quantitative estimate of drug-likeness (QED) is 0.764. The highest BCUT2D eigenvalue weighted by molar-refractivity contribution is 5.99. The van der Waals surface area contributed by atoms with Crippen LogP contribution in [0, 0.1) is 0 Å². The fourth-order valence-corrected chi connectivity index (χ4v) is 1.89. The molecule has 1 aromatic heterocycles. The molecule has 0 aliphatic heterocycles. The third-order valence-corrected chi connectivity index (χ3v) is 2.92. The van der Waals surface area contributed by atoms with Crippen molar-refractivity contribution >= 4 is 17.7 Å². The molecule has 19 heavy (non-hydrogen) atoms. The number of aromatic nitrogens is 1. The second kappa shape index (κ2) is 6.17. The van der Waals surface area contributed by atoms with Crippen molar-refractivity contribution < 1.29 is 19.5 Å². The molecule has 1 amide bonds. The van der Waals surface area contributed by atoms with E-state index < -0.39 is 12.0 Å². The third-order valence-electron chi connectivity index (χ3n) is 2.92. The zero-order chi connectivity index (χ0) is 14.6. The second-order valence-electron chi connectivity index (χ2n) is 4.40. The number of hydrogen-bond acceptors (Lipinski definition) is 3. The number of H-pyrrole nitrogens is 1. The number of carboxylic acids is 1. The molecule has 1 unspecified atom stereocenters. The van der Waals surface area contributed by atoms with Crippen molar-refractivity contribution in [3.05, 3.63) is 23.5 Å². The Morgan fingerprint density at radius 1 is 1.42 bits per heavy atom. The fraction of sp³-hybridized carbons (Fsp3) is 0.462. The molecule has 6 heteroatoms. The van der Waals surface area contributed by atoms with Gasteiger partial charge in [-0.3, -0.25) is 14.4 Å². The van der Waals surface area contributed by atoms with Gasteiger partial charge in [0.1, 0.15) is 5.69 Å². The minimum atomic E-state index is -0.949. The number of nitrogens with zero attached hydrogens (tertiary/aromatic N) is 1. The normalized spacial score (nSPS) is 11.9. The lowest BCUT2D eigenvalue weighted by Gasteiger charge is -2.26. The first-order chi connectivity index (χ1) is 8.86. The Labute approximate surface area is 111 Å². The Morgan fingerprint density at radius 3 is 2.47 bits per heavy atom. The molecule has 0 aromatic carbocycles. The van der Waals surface area contributed by atoms with Crippen LogP contribution in [0.3, 0.4) is 0 Å². The van der Waals surface area contributed by atoms with Crippen LogP contribution in [0.4, 0.5) is 0 Å². The van der Waals surface area contributed by atoms with E-state index in [1.54, 1.807) is 13.8 Å². The van der Waals surface area contributed by atoms with Crippen molar-refractivity contribution in [2.75, 3.05) is 6.54 Å². The number of Topliss-reactive ketones (excluding diaryl/α,β-unsaturated/α-hetero) is 1. The van der Waals surface area contributed by atoms with Crippen LogP contribution in [0.1, 0.15) is 48.0 Å². The number of rotatable bonds is 6. The number of aliphatic carboxylic acids is 1. The van der Waals surface area contributed by atoms with Crippen molar-refractivity contribution in [3.8, 4) is 0 Å². The summed E-state index contributed by atoms with van der Waals surface area (Å²) in [5, 5.41) is 8.77. The van der Waals surface area contributed by atoms with Gasteiger partial charge in [-0.2, -0.15) is 0 Å². The fourth-order valence-electron chi connectivity index (χ4n) is 1.89. The molecule has 0 bridgehead atoms. The maximum atomic E-state index is 12.2. The molecule has 0 saturated heterocycles. The number of carboxylic acid groups (broad SMARTS) is 1. The minimum absolute atomic E-state index is 0.111. The zero-order valence-corrected chi connectivity index (χ0v) is 11.3. The predicted octanol–water partition coefficient (Wildman–Crippen LogP) is 1.54. The highest BCUT2D eigenvalue weighted by atomic mass is 16.4. The van der Waals surface area contributed by atoms with E-state index in [1.807, 2.05) is 0 Å². The Kier molecular flexibility index (Phi) is 4.86. The van der Waals surface area contributed by atoms with Crippen LogP contribution >= 0.6 is 0 Å². The van der Waals surface area contributed by atoms with E-state index in [-0.39, 0.29) is 18.1 Å². The van der Waals surface area contributed by atoms with Gasteiger partial charge in [-0.25, -0.2) is 0 Å². The molecular weight excluding hydrogens is 248 g/mol. The van der Waals surface area contributed by atoms with Gasteiger partial charge in [-0.1, -0.05) is 0 Å². The summed E-state index contributed by atoms with van der Waals surface area (Å²) < 4.78 is 0. The lowest BCUT2D eigenvalue weighted by Crippen LogP contribution is -2.39. The van der Waals surface area contributed by atoms with E-state index in [4.69, 9.17) is 5.11 Å². The summed E-state index contributed by atoms with van der Waals surface area (Å²) in [7, 11) is 0. The number of aromatic amines is 1. The standard InChI is InChI=1S/C13H18N2O4/c1-4-15(8(2)5-12(17)18)13(19)11-6-10(7-14-11)9(3)16/h6-8,14H,4-5H2,1-3H3,(H,17,18). The number of carbonyl (C=O) groups excluding carboxylic acids is 2. The smallest absolute Gasteiger partial charge is 0.305 e. The molecule has 1 atom stereocenters. The lowest BCUT2D eigenvalue weighted by atomic mass is 10.1. The van der Waals surface area contributed by atoms with Gasteiger partial charge in [0.15, 0.2) is 5.78 Å². The summed E-state index contributed by atoms with van der Waals surface area (Å²) in [5.41, 5.74) is 0.731. The molecule has 104 valence electrons. The molecule has 1 aromatic rings. The van der Waals surface area contributed by atoms with Gasteiger partial charge in [0.05, 0.1) is 6.42 Å². The molecule has 6 nitrogen and oxygen atoms in total. The number of hydrogen-bond donors (Lipinski definition) is 2. The molecule has 0 saturated carbocycles. The average molecular weight is 266 g/mol. The molecule has 0 radical (unpaired) electrons. The van der Waals surface area contributed by atoms with Gasteiger partial charge < -0.3 is 15.0 Å². The molecule has 2 N–H and O–H groups in total. The van der Waals surface area contributed by atoms with E-state index in [0.29, 0.717) is 17.8 Å². The van der Waals surface area contributed by atoms with Gasteiger partial charge >= 0.3 is 5.97 Å². The Hall–Kier alpha value is -2.11. The van der Waals surface area contributed by atoms with E-state index >= 15 is 0 Å². The average Bonchev–Trinajstić information content (AvgIpc) is 2.77. The number of ketones is 1. The predicted molar refractivity (Wildman–Crippen MR) is 69.2 cm³/mol. The van der Waals surface area contributed by atoms with Crippen LogP contribution < -0.4 is 0 Å². The first-order valence-electron chi connectivity index (χ1n) is 6.08. The van der Waals surface area contributed by atoms with Gasteiger partial charge in [0.2, 0.25) is 0 Å². The van der Waals surface area contributed by atoms with Crippen molar-refractivity contribution in [2.45, 2.75) is 33.2 Å². The first-order valence-corrected chi connectivity index (χ1v) is 6.08. The largest absolute Gasteiger partial charge is 0.481 e. The maximum Gasteiger partial charge on any atom is 0.305 e. The number of amides is 1. The summed E-state index contributed by atoms with van der Waals surface area (Å²) in [4.78, 5) is 38.3. The zero-order valence-electron chi connectivity index (χ0n) is 11.3. The molecule has 1 heterocycles. The minimum Gasteiger partial charge on any atom is -0.481 e. The summed E-state index contributed by atoms with van der Waals surface area (Å²) in [6.07, 6.45) is 1.37. The topological polar surface area (TPSA) is 90.5 Å². The van der Waals surface area contributed by atoms with Crippen molar-refractivity contribution in [1.82, 2.24) is 9.88 Å². The molecule has 0 aliphatic rings. The van der Waals surface area contributed by atoms with Crippen molar-refractivity contribution in [2.24, 2.45) is 0 Å². The third kappa shape index (κ3) is 3.67. The van der Waals surface area contributed by atoms with Crippen molar-refractivity contribution in [3.63, 3.8) is 0 Å². The molecule has 1 rings (SSSR count). The Balaban J connectivity index is 2.88. The Bertz CT molecular complexity index is 493. The monoisotopic (exact) mass is 266 g/mol. The van der Waals surface area contributed by atoms with E-state index in [0.717, 1.165) is 0 Å². The molecule has 0 spiro atoms. The maximum absolute atomic E-state index is 12.2. The van der Waals surface area contributed by atoms with Gasteiger partial charge in [0.25, 0.3) is 5.91 Å². The summed E-state index contributed by atoms with van der Waals surface area (Å²) in [6, 6.07) is 1.08. The van der Waals surface area contributed by atoms with Crippen LogP contribution in [0.25, 0.3) is 0 Å². The second-order valence-corrected chi connectivity index (χ2v) is 4.40. The first kappa shape index (κ1) is 14.9. The SMILES string of the molecule is CCN(C(=O)c1cc(C(C)=O)c[nH]1)C(C)CC(=O)O. The van der Waals surface area contributed by atoms with Gasteiger partial charge in [0, 0.05) is 24.3 Å². The molecule has 0 fully saturated rings. The molecule has 0 aliphatic carbocycles. The molecular formula is C13H18N2O4. The van der Waals surface area contributed by atoms with E-state index in [1.165, 1.54) is 24.1 Å². The van der Waals surface area contributed by atoms with Gasteiger partial charge in [-0.15, -0.1) is 0 Å². The van der Waals surface area contributed by atoms with Crippen LogP contribution in [-0.2, 0) is 4.79 Å². The van der Waals surface area contributed by atoms with Crippen LogP contribution in [0.5, 0.6) is 0 Å². The Morgan fingerprint density at radius 2 is 2.05 bits per heavy atom. The van der Waals surface area contributed by atoms with E-state index in [9.17, 15) is 14.4 Å². The van der Waals surface area contributed by atoms with Gasteiger partial charge in [-0.05, 0) is 26.8 Å². The summed E-state index contributed by atoms with van der Waals surface area (Å²) >= 11 is 0. The lowest BCUT2D eigenvalue weighted by molar-refractivity contribution is -0.138. The van der Waals surface area contributed by atoms with Crippen LogP contribution in [-0.4, -0.2) is 45.2 Å². The highest BCUT2D eigenvalue weighted by Gasteiger charge is 2.23.